The molecule has 0 bridgehead atoms. The molecule has 0 spiro atoms. The number of benzene rings is 2. The lowest BCUT2D eigenvalue weighted by Crippen LogP contribution is -2.43. The van der Waals surface area contributed by atoms with Gasteiger partial charge in [0.1, 0.15) is 11.6 Å². The van der Waals surface area contributed by atoms with Gasteiger partial charge in [-0.1, -0.05) is 12.1 Å². The Morgan fingerprint density at radius 1 is 0.957 bits per heavy atom. The smallest absolute Gasteiger partial charge is 0.150 e. The van der Waals surface area contributed by atoms with Crippen LogP contribution in [-0.2, 0) is 0 Å². The standard InChI is InChI=1S/C17H16FN3S2/c18-13-5-7-14(8-6-13)23-21-11-9-20(10-12-21)17-15-3-1-2-4-16(15)22-19-17/h1-8H,9-12H2. The lowest BCUT2D eigenvalue weighted by atomic mass is 10.2. The van der Waals surface area contributed by atoms with Crippen LogP contribution in [0.5, 0.6) is 0 Å². The van der Waals surface area contributed by atoms with Gasteiger partial charge in [-0.3, -0.25) is 0 Å². The van der Waals surface area contributed by atoms with E-state index in [4.69, 9.17) is 0 Å². The number of anilines is 1. The summed E-state index contributed by atoms with van der Waals surface area (Å²) in [5.41, 5.74) is 0. The van der Waals surface area contributed by atoms with Gasteiger partial charge in [-0.2, -0.15) is 4.37 Å². The molecule has 0 aliphatic carbocycles. The molecule has 2 heterocycles. The van der Waals surface area contributed by atoms with Crippen molar-refractivity contribution >= 4 is 39.4 Å². The summed E-state index contributed by atoms with van der Waals surface area (Å²) in [6, 6.07) is 15.1. The molecule has 1 fully saturated rings. The first kappa shape index (κ1) is 14.9. The van der Waals surface area contributed by atoms with Crippen LogP contribution in [0.3, 0.4) is 0 Å². The van der Waals surface area contributed by atoms with Crippen LogP contribution in [0.1, 0.15) is 0 Å². The maximum absolute atomic E-state index is 13.0. The molecule has 118 valence electrons. The molecule has 2 aromatic carbocycles. The van der Waals surface area contributed by atoms with Gasteiger partial charge in [-0.05, 0) is 59.9 Å². The molecular formula is C17H16FN3S2. The minimum absolute atomic E-state index is 0.186. The van der Waals surface area contributed by atoms with Crippen molar-refractivity contribution in [2.45, 2.75) is 4.90 Å². The SMILES string of the molecule is Fc1ccc(SN2CCN(c3nsc4ccccc34)CC2)cc1. The molecule has 3 aromatic rings. The highest BCUT2D eigenvalue weighted by molar-refractivity contribution is 7.97. The maximum atomic E-state index is 13.0. The molecule has 1 aliphatic heterocycles. The van der Waals surface area contributed by atoms with Gasteiger partial charge in [0, 0.05) is 36.5 Å². The second-order valence-electron chi connectivity index (χ2n) is 5.46. The summed E-state index contributed by atoms with van der Waals surface area (Å²) >= 11 is 3.26. The van der Waals surface area contributed by atoms with E-state index in [1.165, 1.54) is 22.2 Å². The number of halogens is 1. The van der Waals surface area contributed by atoms with Gasteiger partial charge in [-0.15, -0.1) is 0 Å². The highest BCUT2D eigenvalue weighted by Gasteiger charge is 2.21. The predicted molar refractivity (Wildman–Crippen MR) is 95.7 cm³/mol. The zero-order valence-corrected chi connectivity index (χ0v) is 14.1. The van der Waals surface area contributed by atoms with E-state index in [2.05, 4.69) is 37.8 Å². The normalized spacial score (nSPS) is 16.1. The molecule has 1 aromatic heterocycles. The van der Waals surface area contributed by atoms with Gasteiger partial charge < -0.3 is 4.90 Å². The molecule has 3 nitrogen and oxygen atoms in total. The van der Waals surface area contributed by atoms with Crippen LogP contribution in [0, 0.1) is 5.82 Å². The van der Waals surface area contributed by atoms with Crippen molar-refractivity contribution in [2.24, 2.45) is 0 Å². The fraction of sp³-hybridized carbons (Fsp3) is 0.235. The summed E-state index contributed by atoms with van der Waals surface area (Å²) in [5, 5.41) is 1.25. The van der Waals surface area contributed by atoms with Crippen molar-refractivity contribution in [1.82, 2.24) is 8.68 Å². The summed E-state index contributed by atoms with van der Waals surface area (Å²) in [7, 11) is 0. The molecule has 0 amide bonds. The zero-order chi connectivity index (χ0) is 15.6. The van der Waals surface area contributed by atoms with E-state index >= 15 is 0 Å². The Morgan fingerprint density at radius 2 is 1.70 bits per heavy atom. The fourth-order valence-electron chi connectivity index (χ4n) is 2.74. The number of nitrogens with zero attached hydrogens (tertiary/aromatic N) is 3. The second kappa shape index (κ2) is 6.47. The van der Waals surface area contributed by atoms with E-state index in [1.54, 1.807) is 23.5 Å². The molecule has 0 atom stereocenters. The van der Waals surface area contributed by atoms with E-state index < -0.39 is 0 Å². The third-order valence-corrected chi connectivity index (χ3v) is 5.87. The van der Waals surface area contributed by atoms with E-state index in [0.29, 0.717) is 0 Å². The Labute approximate surface area is 143 Å². The Balaban J connectivity index is 1.42. The van der Waals surface area contributed by atoms with Crippen molar-refractivity contribution in [3.05, 3.63) is 54.3 Å². The number of hydrogen-bond acceptors (Lipinski definition) is 5. The van der Waals surface area contributed by atoms with Crippen molar-refractivity contribution < 1.29 is 4.39 Å². The van der Waals surface area contributed by atoms with Gasteiger partial charge in [0.2, 0.25) is 0 Å². The molecule has 1 aliphatic rings. The van der Waals surface area contributed by atoms with Gasteiger partial charge in [0.15, 0.2) is 0 Å². The van der Waals surface area contributed by atoms with Crippen molar-refractivity contribution in [3.63, 3.8) is 0 Å². The Kier molecular flexibility index (Phi) is 4.20. The minimum atomic E-state index is -0.186. The molecule has 0 unspecified atom stereocenters. The minimum Gasteiger partial charge on any atom is -0.353 e. The third kappa shape index (κ3) is 3.20. The zero-order valence-electron chi connectivity index (χ0n) is 12.5. The predicted octanol–water partition coefficient (Wildman–Crippen LogP) is 4.26. The van der Waals surface area contributed by atoms with Crippen molar-refractivity contribution in [2.75, 3.05) is 31.1 Å². The number of piperazine rings is 1. The molecule has 6 heteroatoms. The molecule has 0 saturated carbocycles. The summed E-state index contributed by atoms with van der Waals surface area (Å²) < 4.78 is 21.2. The lowest BCUT2D eigenvalue weighted by molar-refractivity contribution is 0.429. The lowest BCUT2D eigenvalue weighted by Gasteiger charge is -2.34. The Hall–Kier alpha value is -1.63. The van der Waals surface area contributed by atoms with Crippen molar-refractivity contribution in [1.29, 1.82) is 0 Å². The van der Waals surface area contributed by atoms with Crippen LogP contribution < -0.4 is 4.90 Å². The van der Waals surface area contributed by atoms with Gasteiger partial charge in [-0.25, -0.2) is 8.70 Å². The summed E-state index contributed by atoms with van der Waals surface area (Å²) in [6.07, 6.45) is 0. The summed E-state index contributed by atoms with van der Waals surface area (Å²) in [6.45, 7) is 3.85. The van der Waals surface area contributed by atoms with Crippen LogP contribution >= 0.6 is 23.5 Å². The van der Waals surface area contributed by atoms with Gasteiger partial charge in [0.05, 0.1) is 4.70 Å². The van der Waals surface area contributed by atoms with Gasteiger partial charge >= 0.3 is 0 Å². The van der Waals surface area contributed by atoms with E-state index in [9.17, 15) is 4.39 Å². The van der Waals surface area contributed by atoms with E-state index in [0.717, 1.165) is 36.9 Å². The molecule has 1 saturated heterocycles. The highest BCUT2D eigenvalue weighted by atomic mass is 32.2. The quantitative estimate of drug-likeness (QED) is 0.660. The van der Waals surface area contributed by atoms with Crippen LogP contribution in [0.2, 0.25) is 0 Å². The second-order valence-corrected chi connectivity index (χ2v) is 7.44. The summed E-state index contributed by atoms with van der Waals surface area (Å²) in [5.74, 6) is 0.923. The largest absolute Gasteiger partial charge is 0.353 e. The first-order valence-corrected chi connectivity index (χ1v) is 9.12. The average Bonchev–Trinajstić information content (AvgIpc) is 3.02. The highest BCUT2D eigenvalue weighted by Crippen LogP contribution is 2.31. The molecule has 4 rings (SSSR count). The maximum Gasteiger partial charge on any atom is 0.150 e. The first-order chi connectivity index (χ1) is 11.3. The molecular weight excluding hydrogens is 329 g/mol. The fourth-order valence-corrected chi connectivity index (χ4v) is 4.43. The third-order valence-electron chi connectivity index (χ3n) is 3.94. The van der Waals surface area contributed by atoms with Crippen LogP contribution in [-0.4, -0.2) is 34.9 Å². The molecule has 0 N–H and O–H groups in total. The van der Waals surface area contributed by atoms with Crippen molar-refractivity contribution in [3.8, 4) is 0 Å². The number of fused-ring (bicyclic) bond motifs is 1. The first-order valence-electron chi connectivity index (χ1n) is 7.57. The number of rotatable bonds is 3. The average molecular weight is 345 g/mol. The Morgan fingerprint density at radius 3 is 2.48 bits per heavy atom. The monoisotopic (exact) mass is 345 g/mol. The molecule has 0 radical (unpaired) electrons. The summed E-state index contributed by atoms with van der Waals surface area (Å²) in [4.78, 5) is 3.44. The van der Waals surface area contributed by atoms with E-state index in [1.807, 2.05) is 12.1 Å². The van der Waals surface area contributed by atoms with Crippen LogP contribution in [0.4, 0.5) is 10.2 Å². The molecule has 23 heavy (non-hydrogen) atoms. The number of hydrogen-bond donors (Lipinski definition) is 0. The Bertz CT molecular complexity index is 795. The van der Waals surface area contributed by atoms with Crippen LogP contribution in [0.25, 0.3) is 10.1 Å². The van der Waals surface area contributed by atoms with E-state index in [-0.39, 0.29) is 5.82 Å². The van der Waals surface area contributed by atoms with Crippen LogP contribution in [0.15, 0.2) is 53.4 Å². The number of aromatic nitrogens is 1. The topological polar surface area (TPSA) is 19.4 Å². The van der Waals surface area contributed by atoms with Gasteiger partial charge in [0.25, 0.3) is 0 Å².